The summed E-state index contributed by atoms with van der Waals surface area (Å²) in [4.78, 5) is 22.0. The zero-order valence-corrected chi connectivity index (χ0v) is 10.4. The number of benzene rings is 1. The lowest BCUT2D eigenvalue weighted by Gasteiger charge is -2.22. The fraction of sp³-hybridized carbons (Fsp3) is 0.385. The molecule has 0 radical (unpaired) electrons. The molecule has 1 aromatic carbocycles. The first kappa shape index (κ1) is 13.2. The van der Waals surface area contributed by atoms with Gasteiger partial charge in [-0.1, -0.05) is 20.8 Å². The van der Waals surface area contributed by atoms with Crippen LogP contribution in [0.25, 0.3) is 0 Å². The number of carbonyl (C=O) groups is 2. The van der Waals surface area contributed by atoms with Gasteiger partial charge in [-0.15, -0.1) is 0 Å². The van der Waals surface area contributed by atoms with Crippen LogP contribution in [0.4, 0.5) is 0 Å². The highest BCUT2D eigenvalue weighted by Crippen LogP contribution is 2.28. The molecule has 1 rings (SSSR count). The van der Waals surface area contributed by atoms with Crippen LogP contribution in [0.1, 0.15) is 52.6 Å². The van der Waals surface area contributed by atoms with Gasteiger partial charge in [-0.05, 0) is 35.6 Å². The van der Waals surface area contributed by atoms with Crippen molar-refractivity contribution < 1.29 is 19.8 Å². The van der Waals surface area contributed by atoms with E-state index in [0.717, 1.165) is 11.1 Å². The molecule has 0 unspecified atom stereocenters. The first-order valence-electron chi connectivity index (χ1n) is 5.26. The van der Waals surface area contributed by atoms with Crippen LogP contribution in [0.15, 0.2) is 12.1 Å². The van der Waals surface area contributed by atoms with E-state index in [2.05, 4.69) is 0 Å². The molecule has 0 atom stereocenters. The molecule has 2 N–H and O–H groups in total. The Morgan fingerprint density at radius 2 is 1.41 bits per heavy atom. The van der Waals surface area contributed by atoms with Crippen molar-refractivity contribution in [2.45, 2.75) is 33.1 Å². The maximum atomic E-state index is 11.1. The van der Waals surface area contributed by atoms with Gasteiger partial charge in [0.05, 0.1) is 11.1 Å². The van der Waals surface area contributed by atoms with E-state index in [4.69, 9.17) is 10.2 Å². The standard InChI is InChI=1S/C13H16O4/c1-7-5-8(11(14)15)9(12(16)17)6-10(7)13(2,3)4/h5-6H,1-4H3,(H,14,15)(H,16,17). The third kappa shape index (κ3) is 2.64. The Labute approximate surface area is 99.9 Å². The summed E-state index contributed by atoms with van der Waals surface area (Å²) in [5, 5.41) is 18.0. The lowest BCUT2D eigenvalue weighted by molar-refractivity contribution is 0.0651. The average Bonchev–Trinajstić information content (AvgIpc) is 2.14. The fourth-order valence-electron chi connectivity index (χ4n) is 1.87. The smallest absolute Gasteiger partial charge is 0.336 e. The van der Waals surface area contributed by atoms with Gasteiger partial charge in [0.25, 0.3) is 0 Å². The van der Waals surface area contributed by atoms with Crippen molar-refractivity contribution in [2.75, 3.05) is 0 Å². The van der Waals surface area contributed by atoms with Crippen molar-refractivity contribution in [1.82, 2.24) is 0 Å². The quantitative estimate of drug-likeness (QED) is 0.827. The molecule has 0 aromatic heterocycles. The minimum Gasteiger partial charge on any atom is -0.478 e. The van der Waals surface area contributed by atoms with Crippen LogP contribution < -0.4 is 0 Å². The average molecular weight is 236 g/mol. The third-order valence-electron chi connectivity index (χ3n) is 2.63. The van der Waals surface area contributed by atoms with E-state index in [1.807, 2.05) is 20.8 Å². The first-order chi connectivity index (χ1) is 7.64. The normalized spacial score (nSPS) is 11.3. The summed E-state index contributed by atoms with van der Waals surface area (Å²) >= 11 is 0. The van der Waals surface area contributed by atoms with Gasteiger partial charge in [-0.3, -0.25) is 0 Å². The monoisotopic (exact) mass is 236 g/mol. The predicted octanol–water partition coefficient (Wildman–Crippen LogP) is 2.69. The van der Waals surface area contributed by atoms with Gasteiger partial charge in [0.2, 0.25) is 0 Å². The molecular formula is C13H16O4. The Balaban J connectivity index is 3.57. The number of hydrogen-bond donors (Lipinski definition) is 2. The molecule has 0 aliphatic rings. The van der Waals surface area contributed by atoms with Gasteiger partial charge < -0.3 is 10.2 Å². The van der Waals surface area contributed by atoms with E-state index in [1.54, 1.807) is 6.92 Å². The largest absolute Gasteiger partial charge is 0.478 e. The molecule has 0 heterocycles. The Morgan fingerprint density at radius 1 is 1.00 bits per heavy atom. The van der Waals surface area contributed by atoms with Gasteiger partial charge in [0.15, 0.2) is 0 Å². The second kappa shape index (κ2) is 4.20. The first-order valence-corrected chi connectivity index (χ1v) is 5.26. The number of rotatable bonds is 2. The molecule has 0 spiro atoms. The third-order valence-corrected chi connectivity index (χ3v) is 2.63. The highest BCUT2D eigenvalue weighted by Gasteiger charge is 2.23. The summed E-state index contributed by atoms with van der Waals surface area (Å²) in [6.07, 6.45) is 0. The van der Waals surface area contributed by atoms with E-state index in [1.165, 1.54) is 12.1 Å². The second-order valence-electron chi connectivity index (χ2n) is 5.07. The zero-order valence-electron chi connectivity index (χ0n) is 10.4. The predicted molar refractivity (Wildman–Crippen MR) is 63.8 cm³/mol. The highest BCUT2D eigenvalue weighted by atomic mass is 16.4. The van der Waals surface area contributed by atoms with E-state index in [9.17, 15) is 9.59 Å². The fourth-order valence-corrected chi connectivity index (χ4v) is 1.87. The van der Waals surface area contributed by atoms with Crippen molar-refractivity contribution in [3.8, 4) is 0 Å². The maximum absolute atomic E-state index is 11.1. The SMILES string of the molecule is Cc1cc(C(=O)O)c(C(=O)O)cc1C(C)(C)C. The molecule has 4 nitrogen and oxygen atoms in total. The number of carboxylic acids is 2. The van der Waals surface area contributed by atoms with Crippen LogP contribution in [0, 0.1) is 6.92 Å². The highest BCUT2D eigenvalue weighted by molar-refractivity contribution is 6.02. The molecule has 17 heavy (non-hydrogen) atoms. The van der Waals surface area contributed by atoms with E-state index in [-0.39, 0.29) is 16.5 Å². The topological polar surface area (TPSA) is 74.6 Å². The molecule has 0 saturated carbocycles. The van der Waals surface area contributed by atoms with Gasteiger partial charge in [0.1, 0.15) is 0 Å². The summed E-state index contributed by atoms with van der Waals surface area (Å²) in [6.45, 7) is 7.67. The molecule has 92 valence electrons. The van der Waals surface area contributed by atoms with Crippen molar-refractivity contribution in [3.63, 3.8) is 0 Å². The summed E-state index contributed by atoms with van der Waals surface area (Å²) in [5.74, 6) is -2.43. The number of aryl methyl sites for hydroxylation is 1. The van der Waals surface area contributed by atoms with Crippen molar-refractivity contribution in [2.24, 2.45) is 0 Å². The maximum Gasteiger partial charge on any atom is 0.336 e. The van der Waals surface area contributed by atoms with Crippen molar-refractivity contribution in [1.29, 1.82) is 0 Å². The Hall–Kier alpha value is -1.84. The van der Waals surface area contributed by atoms with Crippen LogP contribution in [0.5, 0.6) is 0 Å². The lowest BCUT2D eigenvalue weighted by atomic mass is 9.82. The Kier molecular flexibility index (Phi) is 3.27. The van der Waals surface area contributed by atoms with E-state index in [0.29, 0.717) is 0 Å². The molecule has 4 heteroatoms. The summed E-state index contributed by atoms with van der Waals surface area (Å²) in [5.41, 5.74) is 1.10. The molecule has 0 fully saturated rings. The summed E-state index contributed by atoms with van der Waals surface area (Å²) < 4.78 is 0. The van der Waals surface area contributed by atoms with Crippen LogP contribution in [-0.4, -0.2) is 22.2 Å². The van der Waals surface area contributed by atoms with Crippen molar-refractivity contribution in [3.05, 3.63) is 34.4 Å². The molecule has 0 aliphatic carbocycles. The second-order valence-corrected chi connectivity index (χ2v) is 5.07. The number of carboxylic acid groups (broad SMARTS) is 2. The van der Waals surface area contributed by atoms with Gasteiger partial charge in [-0.25, -0.2) is 9.59 Å². The van der Waals surface area contributed by atoms with Gasteiger partial charge in [-0.2, -0.15) is 0 Å². The van der Waals surface area contributed by atoms with Crippen LogP contribution >= 0.6 is 0 Å². The van der Waals surface area contributed by atoms with E-state index < -0.39 is 11.9 Å². The summed E-state index contributed by atoms with van der Waals surface area (Å²) in [6, 6.07) is 2.88. The van der Waals surface area contributed by atoms with Gasteiger partial charge in [0, 0.05) is 0 Å². The lowest BCUT2D eigenvalue weighted by Crippen LogP contribution is -2.17. The minimum absolute atomic E-state index is 0.159. The molecule has 0 amide bonds. The molecule has 1 aromatic rings. The van der Waals surface area contributed by atoms with Crippen LogP contribution in [0.3, 0.4) is 0 Å². The molecular weight excluding hydrogens is 220 g/mol. The van der Waals surface area contributed by atoms with Gasteiger partial charge >= 0.3 is 11.9 Å². The zero-order chi connectivity index (χ0) is 13.4. The Bertz CT molecular complexity index is 481. The Morgan fingerprint density at radius 3 is 1.76 bits per heavy atom. The molecule has 0 saturated heterocycles. The van der Waals surface area contributed by atoms with Crippen LogP contribution in [0.2, 0.25) is 0 Å². The minimum atomic E-state index is -1.22. The van der Waals surface area contributed by atoms with Crippen molar-refractivity contribution >= 4 is 11.9 Å². The number of aromatic carboxylic acids is 2. The molecule has 0 aliphatic heterocycles. The summed E-state index contributed by atoms with van der Waals surface area (Å²) in [7, 11) is 0. The van der Waals surface area contributed by atoms with Crippen LogP contribution in [-0.2, 0) is 5.41 Å². The van der Waals surface area contributed by atoms with E-state index >= 15 is 0 Å². The molecule has 0 bridgehead atoms. The number of hydrogen-bond acceptors (Lipinski definition) is 2.